The molecule has 1 aromatic carbocycles. The third-order valence-corrected chi connectivity index (χ3v) is 5.77. The second-order valence-corrected chi connectivity index (χ2v) is 7.88. The summed E-state index contributed by atoms with van der Waals surface area (Å²) in [6.07, 6.45) is 4.16. The van der Waals surface area contributed by atoms with Gasteiger partial charge in [-0.2, -0.15) is 0 Å². The largest absolute Gasteiger partial charge is 0.280 e. The zero-order valence-corrected chi connectivity index (χ0v) is 12.2. The van der Waals surface area contributed by atoms with Gasteiger partial charge in [0.25, 0.3) is 10.0 Å². The van der Waals surface area contributed by atoms with Crippen molar-refractivity contribution < 1.29 is 16.8 Å². The van der Waals surface area contributed by atoms with Crippen LogP contribution in [0.1, 0.15) is 5.56 Å². The van der Waals surface area contributed by atoms with Gasteiger partial charge < -0.3 is 0 Å². The fourth-order valence-corrected chi connectivity index (χ4v) is 4.18. The molecule has 0 amide bonds. The van der Waals surface area contributed by atoms with E-state index < -0.39 is 19.9 Å². The Labute approximate surface area is 122 Å². The zero-order chi connectivity index (χ0) is 15.1. The topological polar surface area (TPSA) is 93.2 Å². The van der Waals surface area contributed by atoms with E-state index >= 15 is 0 Å². The van der Waals surface area contributed by atoms with Crippen molar-refractivity contribution >= 4 is 31.6 Å². The molecule has 1 aliphatic heterocycles. The summed E-state index contributed by atoms with van der Waals surface area (Å²) < 4.78 is 50.2. The van der Waals surface area contributed by atoms with Gasteiger partial charge in [-0.15, -0.1) is 0 Å². The number of rotatable bonds is 3. The molecule has 0 saturated heterocycles. The molecular formula is C13H10N2O4S2. The molecule has 8 heteroatoms. The van der Waals surface area contributed by atoms with E-state index in [-0.39, 0.29) is 15.5 Å². The summed E-state index contributed by atoms with van der Waals surface area (Å²) in [5.41, 5.74) is 0.726. The van der Waals surface area contributed by atoms with Crippen LogP contribution in [0.4, 0.5) is 5.69 Å². The van der Waals surface area contributed by atoms with Gasteiger partial charge in [0, 0.05) is 17.8 Å². The zero-order valence-electron chi connectivity index (χ0n) is 10.6. The van der Waals surface area contributed by atoms with Gasteiger partial charge in [-0.1, -0.05) is 6.07 Å². The van der Waals surface area contributed by atoms with Crippen molar-refractivity contribution in [1.82, 2.24) is 4.98 Å². The lowest BCUT2D eigenvalue weighted by atomic mass is 10.2. The van der Waals surface area contributed by atoms with E-state index in [1.807, 2.05) is 0 Å². The number of nitrogens with one attached hydrogen (secondary N) is 1. The van der Waals surface area contributed by atoms with Gasteiger partial charge in [-0.05, 0) is 35.9 Å². The number of sulfone groups is 1. The Balaban J connectivity index is 1.98. The van der Waals surface area contributed by atoms with Crippen LogP contribution in [-0.4, -0.2) is 21.8 Å². The second kappa shape index (κ2) is 4.68. The smallest absolute Gasteiger partial charge is 0.263 e. The van der Waals surface area contributed by atoms with Crippen LogP contribution < -0.4 is 4.72 Å². The molecule has 0 fully saturated rings. The predicted molar refractivity (Wildman–Crippen MR) is 77.7 cm³/mol. The lowest BCUT2D eigenvalue weighted by Gasteiger charge is -2.09. The maximum atomic E-state index is 12.1. The number of hydrogen-bond donors (Lipinski definition) is 1. The normalized spacial score (nSPS) is 15.6. The van der Waals surface area contributed by atoms with E-state index in [4.69, 9.17) is 0 Å². The van der Waals surface area contributed by atoms with Crippen LogP contribution in [0, 0.1) is 0 Å². The van der Waals surface area contributed by atoms with Gasteiger partial charge in [-0.25, -0.2) is 16.8 Å². The molecule has 0 radical (unpaired) electrons. The van der Waals surface area contributed by atoms with Crippen molar-refractivity contribution in [3.05, 3.63) is 53.7 Å². The lowest BCUT2D eigenvalue weighted by molar-refractivity contribution is 0.599. The summed E-state index contributed by atoms with van der Waals surface area (Å²) >= 11 is 0. The summed E-state index contributed by atoms with van der Waals surface area (Å²) in [6.45, 7) is 0. The first-order chi connectivity index (χ1) is 9.88. The molecule has 6 nitrogen and oxygen atoms in total. The maximum absolute atomic E-state index is 12.1. The standard InChI is InChI=1S/C13H10N2O4S2/c16-20(17)7-5-10-3-4-11(8-13(10)20)15-21(18,19)12-2-1-6-14-9-12/h1-9,15H. The van der Waals surface area contributed by atoms with Crippen molar-refractivity contribution in [2.45, 2.75) is 9.79 Å². The average Bonchev–Trinajstić information content (AvgIpc) is 2.75. The van der Waals surface area contributed by atoms with Crippen LogP contribution in [0.25, 0.3) is 6.08 Å². The number of pyridine rings is 1. The number of benzene rings is 1. The summed E-state index contributed by atoms with van der Waals surface area (Å²) in [5, 5.41) is 1.09. The van der Waals surface area contributed by atoms with Gasteiger partial charge in [-0.3, -0.25) is 9.71 Å². The maximum Gasteiger partial charge on any atom is 0.263 e. The summed E-state index contributed by atoms with van der Waals surface area (Å²) in [4.78, 5) is 3.85. The van der Waals surface area contributed by atoms with Gasteiger partial charge in [0.1, 0.15) is 4.90 Å². The molecule has 1 N–H and O–H groups in total. The van der Waals surface area contributed by atoms with Crippen LogP contribution in [0.3, 0.4) is 0 Å². The minimum Gasteiger partial charge on any atom is -0.280 e. The minimum atomic E-state index is -3.80. The number of fused-ring (bicyclic) bond motifs is 1. The van der Waals surface area contributed by atoms with Crippen LogP contribution in [0.2, 0.25) is 0 Å². The second-order valence-electron chi connectivity index (χ2n) is 4.39. The Morgan fingerprint density at radius 3 is 2.67 bits per heavy atom. The summed E-state index contributed by atoms with van der Waals surface area (Å²) in [7, 11) is -7.27. The molecule has 1 aromatic heterocycles. The number of hydrogen-bond acceptors (Lipinski definition) is 5. The summed E-state index contributed by atoms with van der Waals surface area (Å²) in [6, 6.07) is 7.28. The molecule has 0 aliphatic carbocycles. The van der Waals surface area contributed by atoms with Crippen molar-refractivity contribution in [2.75, 3.05) is 4.72 Å². The molecule has 3 rings (SSSR count). The van der Waals surface area contributed by atoms with Crippen molar-refractivity contribution in [3.63, 3.8) is 0 Å². The molecule has 21 heavy (non-hydrogen) atoms. The molecule has 0 atom stereocenters. The molecule has 2 aromatic rings. The van der Waals surface area contributed by atoms with Crippen molar-refractivity contribution in [2.24, 2.45) is 0 Å². The van der Waals surface area contributed by atoms with Gasteiger partial charge in [0.2, 0.25) is 9.84 Å². The van der Waals surface area contributed by atoms with Crippen LogP contribution in [0.15, 0.2) is 57.9 Å². The molecule has 0 spiro atoms. The van der Waals surface area contributed by atoms with E-state index in [1.54, 1.807) is 6.07 Å². The van der Waals surface area contributed by atoms with Crippen LogP contribution in [0.5, 0.6) is 0 Å². The fourth-order valence-electron chi connectivity index (χ4n) is 1.94. The first-order valence-corrected chi connectivity index (χ1v) is 8.91. The lowest BCUT2D eigenvalue weighted by Crippen LogP contribution is -2.13. The Bertz CT molecular complexity index is 933. The van der Waals surface area contributed by atoms with E-state index in [2.05, 4.69) is 9.71 Å². The van der Waals surface area contributed by atoms with E-state index in [0.717, 1.165) is 5.41 Å². The van der Waals surface area contributed by atoms with E-state index in [9.17, 15) is 16.8 Å². The number of anilines is 1. The Kier molecular flexibility index (Phi) is 3.07. The van der Waals surface area contributed by atoms with Gasteiger partial charge in [0.05, 0.1) is 10.6 Å². The first kappa shape index (κ1) is 13.8. The highest BCUT2D eigenvalue weighted by Gasteiger charge is 2.22. The number of aromatic nitrogens is 1. The van der Waals surface area contributed by atoms with Crippen LogP contribution in [-0.2, 0) is 19.9 Å². The van der Waals surface area contributed by atoms with Gasteiger partial charge >= 0.3 is 0 Å². The van der Waals surface area contributed by atoms with E-state index in [0.29, 0.717) is 5.56 Å². The fraction of sp³-hybridized carbons (Fsp3) is 0. The highest BCUT2D eigenvalue weighted by molar-refractivity contribution is 7.95. The quantitative estimate of drug-likeness (QED) is 0.927. The molecule has 0 bridgehead atoms. The molecule has 2 heterocycles. The molecule has 1 aliphatic rings. The van der Waals surface area contributed by atoms with Gasteiger partial charge in [0.15, 0.2) is 0 Å². The monoisotopic (exact) mass is 322 g/mol. The predicted octanol–water partition coefficient (Wildman–Crippen LogP) is 1.64. The SMILES string of the molecule is O=S1(=O)C=Cc2ccc(NS(=O)(=O)c3cccnc3)cc21. The average molecular weight is 322 g/mol. The minimum absolute atomic E-state index is 0.00600. The highest BCUT2D eigenvalue weighted by atomic mass is 32.2. The van der Waals surface area contributed by atoms with Crippen molar-refractivity contribution in [3.8, 4) is 0 Å². The Morgan fingerprint density at radius 1 is 1.14 bits per heavy atom. The highest BCUT2D eigenvalue weighted by Crippen LogP contribution is 2.30. The number of sulfonamides is 1. The Morgan fingerprint density at radius 2 is 1.95 bits per heavy atom. The Hall–Kier alpha value is -2.19. The third-order valence-electron chi connectivity index (χ3n) is 2.94. The first-order valence-electron chi connectivity index (χ1n) is 5.89. The third kappa shape index (κ3) is 2.55. The van der Waals surface area contributed by atoms with E-state index in [1.165, 1.54) is 42.7 Å². The number of nitrogens with zero attached hydrogens (tertiary/aromatic N) is 1. The molecular weight excluding hydrogens is 312 g/mol. The molecule has 108 valence electrons. The molecule has 0 unspecified atom stereocenters. The molecule has 0 saturated carbocycles. The summed E-state index contributed by atoms with van der Waals surface area (Å²) in [5.74, 6) is 0. The van der Waals surface area contributed by atoms with Crippen molar-refractivity contribution in [1.29, 1.82) is 0 Å². The van der Waals surface area contributed by atoms with Crippen LogP contribution >= 0.6 is 0 Å².